The molecular formula is C18H24BrClN4O. The van der Waals surface area contributed by atoms with Gasteiger partial charge in [0.2, 0.25) is 0 Å². The van der Waals surface area contributed by atoms with Crippen LogP contribution in [0.1, 0.15) is 34.6 Å². The maximum atomic E-state index is 12.3. The number of piperidine rings is 1. The molecule has 0 saturated carbocycles. The Hall–Kier alpha value is -1.37. The van der Waals surface area contributed by atoms with Gasteiger partial charge in [0.15, 0.2) is 0 Å². The molecule has 3 rings (SSSR count). The van der Waals surface area contributed by atoms with E-state index in [-0.39, 0.29) is 18.3 Å². The lowest BCUT2D eigenvalue weighted by atomic mass is 9.99. The van der Waals surface area contributed by atoms with Gasteiger partial charge in [-0.05, 0) is 85.9 Å². The molecule has 1 aromatic heterocycles. The monoisotopic (exact) mass is 426 g/mol. The van der Waals surface area contributed by atoms with Crippen LogP contribution in [-0.2, 0) is 0 Å². The minimum absolute atomic E-state index is 0. The minimum Gasteiger partial charge on any atom is -0.352 e. The standard InChI is InChI=1S/C18H23BrN4O.ClH/c1-12-17(19)13(2)23(22-12)16-7-5-15(6-8-16)18(24)21-11-14-4-3-9-20-10-14;/h5-8,14,20H,3-4,9-11H2,1-2H3,(H,21,24);1H. The Balaban J connectivity index is 0.00000225. The molecule has 1 unspecified atom stereocenters. The van der Waals surface area contributed by atoms with Crippen LogP contribution >= 0.6 is 28.3 Å². The van der Waals surface area contributed by atoms with Gasteiger partial charge in [-0.15, -0.1) is 12.4 Å². The van der Waals surface area contributed by atoms with Crippen molar-refractivity contribution in [3.8, 4) is 5.69 Å². The third kappa shape index (κ3) is 4.63. The first-order valence-corrected chi connectivity index (χ1v) is 9.16. The van der Waals surface area contributed by atoms with Crippen LogP contribution in [0.4, 0.5) is 0 Å². The molecule has 0 aliphatic carbocycles. The summed E-state index contributed by atoms with van der Waals surface area (Å²) in [7, 11) is 0. The first kappa shape index (κ1) is 19.9. The summed E-state index contributed by atoms with van der Waals surface area (Å²) in [6, 6.07) is 7.58. The summed E-state index contributed by atoms with van der Waals surface area (Å²) in [5.41, 5.74) is 3.64. The quantitative estimate of drug-likeness (QED) is 0.786. The Bertz CT molecular complexity index is 723. The Morgan fingerprint density at radius 3 is 2.64 bits per heavy atom. The van der Waals surface area contributed by atoms with E-state index in [2.05, 4.69) is 31.7 Å². The smallest absolute Gasteiger partial charge is 0.251 e. The summed E-state index contributed by atoms with van der Waals surface area (Å²) in [5, 5.41) is 10.9. The number of aryl methyl sites for hydroxylation is 1. The number of hydrogen-bond donors (Lipinski definition) is 2. The van der Waals surface area contributed by atoms with Crippen molar-refractivity contribution in [2.24, 2.45) is 5.92 Å². The highest BCUT2D eigenvalue weighted by Crippen LogP contribution is 2.23. The fraction of sp³-hybridized carbons (Fsp3) is 0.444. The number of nitrogens with one attached hydrogen (secondary N) is 2. The molecule has 2 aromatic rings. The normalized spacial score (nSPS) is 17.0. The summed E-state index contributed by atoms with van der Waals surface area (Å²) < 4.78 is 2.90. The van der Waals surface area contributed by atoms with E-state index in [0.29, 0.717) is 11.5 Å². The van der Waals surface area contributed by atoms with E-state index in [1.165, 1.54) is 12.8 Å². The van der Waals surface area contributed by atoms with Crippen LogP contribution in [0.3, 0.4) is 0 Å². The molecule has 1 saturated heterocycles. The lowest BCUT2D eigenvalue weighted by molar-refractivity contribution is 0.0945. The van der Waals surface area contributed by atoms with Crippen molar-refractivity contribution in [2.45, 2.75) is 26.7 Å². The number of nitrogens with zero attached hydrogens (tertiary/aromatic N) is 2. The van der Waals surface area contributed by atoms with Crippen LogP contribution in [0.25, 0.3) is 5.69 Å². The molecule has 5 nitrogen and oxygen atoms in total. The number of carbonyl (C=O) groups is 1. The predicted molar refractivity (Wildman–Crippen MR) is 106 cm³/mol. The maximum absolute atomic E-state index is 12.3. The zero-order valence-electron chi connectivity index (χ0n) is 14.5. The molecule has 2 N–H and O–H groups in total. The van der Waals surface area contributed by atoms with Crippen LogP contribution < -0.4 is 10.6 Å². The predicted octanol–water partition coefficient (Wildman–Crippen LogP) is 3.40. The van der Waals surface area contributed by atoms with Gasteiger partial charge >= 0.3 is 0 Å². The average molecular weight is 428 g/mol. The molecule has 1 aliphatic heterocycles. The highest BCUT2D eigenvalue weighted by Gasteiger charge is 2.15. The average Bonchev–Trinajstić information content (AvgIpc) is 2.88. The fourth-order valence-electron chi connectivity index (χ4n) is 3.07. The second kappa shape index (κ2) is 8.83. The third-order valence-electron chi connectivity index (χ3n) is 4.53. The molecule has 0 radical (unpaired) electrons. The number of hydrogen-bond acceptors (Lipinski definition) is 3. The van der Waals surface area contributed by atoms with Gasteiger partial charge in [0.1, 0.15) is 0 Å². The number of benzene rings is 1. The molecule has 1 atom stereocenters. The van der Waals surface area contributed by atoms with Crippen molar-refractivity contribution in [1.29, 1.82) is 0 Å². The lowest BCUT2D eigenvalue weighted by Gasteiger charge is -2.22. The largest absolute Gasteiger partial charge is 0.352 e. The Morgan fingerprint density at radius 1 is 1.36 bits per heavy atom. The summed E-state index contributed by atoms with van der Waals surface area (Å²) in [6.45, 7) is 6.80. The molecule has 25 heavy (non-hydrogen) atoms. The zero-order chi connectivity index (χ0) is 17.1. The highest BCUT2D eigenvalue weighted by atomic mass is 79.9. The van der Waals surface area contributed by atoms with E-state index in [0.717, 1.165) is 41.2 Å². The first-order valence-electron chi connectivity index (χ1n) is 8.37. The molecule has 1 amide bonds. The van der Waals surface area contributed by atoms with E-state index < -0.39 is 0 Å². The van der Waals surface area contributed by atoms with Gasteiger partial charge in [0, 0.05) is 12.1 Å². The molecule has 136 valence electrons. The van der Waals surface area contributed by atoms with E-state index in [1.807, 2.05) is 42.8 Å². The number of amides is 1. The molecule has 7 heteroatoms. The molecule has 2 heterocycles. The van der Waals surface area contributed by atoms with Crippen LogP contribution in [0, 0.1) is 19.8 Å². The zero-order valence-corrected chi connectivity index (χ0v) is 16.9. The number of rotatable bonds is 4. The Kier molecular flexibility index (Phi) is 7.04. The van der Waals surface area contributed by atoms with Gasteiger partial charge < -0.3 is 10.6 Å². The summed E-state index contributed by atoms with van der Waals surface area (Å²) >= 11 is 3.54. The molecule has 0 bridgehead atoms. The second-order valence-corrected chi connectivity index (χ2v) is 7.16. The first-order chi connectivity index (χ1) is 11.6. The Labute approximate surface area is 163 Å². The van der Waals surface area contributed by atoms with Gasteiger partial charge in [0.05, 0.1) is 21.5 Å². The summed E-state index contributed by atoms with van der Waals surface area (Å²) in [4.78, 5) is 12.3. The van der Waals surface area contributed by atoms with E-state index >= 15 is 0 Å². The topological polar surface area (TPSA) is 59.0 Å². The molecule has 0 spiro atoms. The van der Waals surface area contributed by atoms with Crippen molar-refractivity contribution in [2.75, 3.05) is 19.6 Å². The number of aromatic nitrogens is 2. The Morgan fingerprint density at radius 2 is 2.08 bits per heavy atom. The van der Waals surface area contributed by atoms with E-state index in [4.69, 9.17) is 0 Å². The molecule has 1 aromatic carbocycles. The van der Waals surface area contributed by atoms with Gasteiger partial charge in [-0.25, -0.2) is 4.68 Å². The van der Waals surface area contributed by atoms with E-state index in [1.54, 1.807) is 0 Å². The minimum atomic E-state index is -0.0123. The summed E-state index contributed by atoms with van der Waals surface area (Å²) in [6.07, 6.45) is 2.37. The molecular weight excluding hydrogens is 404 g/mol. The maximum Gasteiger partial charge on any atom is 0.251 e. The van der Waals surface area contributed by atoms with Crippen molar-refractivity contribution in [1.82, 2.24) is 20.4 Å². The highest BCUT2D eigenvalue weighted by molar-refractivity contribution is 9.10. The number of halogens is 2. The SMILES string of the molecule is Cc1nn(-c2ccc(C(=O)NCC3CCCNC3)cc2)c(C)c1Br.Cl. The van der Waals surface area contributed by atoms with Gasteiger partial charge in [-0.1, -0.05) is 0 Å². The van der Waals surface area contributed by atoms with Crippen LogP contribution in [0.15, 0.2) is 28.7 Å². The lowest BCUT2D eigenvalue weighted by Crippen LogP contribution is -2.38. The van der Waals surface area contributed by atoms with E-state index in [9.17, 15) is 4.79 Å². The van der Waals surface area contributed by atoms with Crippen LogP contribution in [-0.4, -0.2) is 35.3 Å². The third-order valence-corrected chi connectivity index (χ3v) is 5.67. The van der Waals surface area contributed by atoms with Gasteiger partial charge in [-0.2, -0.15) is 5.10 Å². The van der Waals surface area contributed by atoms with Crippen molar-refractivity contribution < 1.29 is 4.79 Å². The molecule has 1 fully saturated rings. The van der Waals surface area contributed by atoms with Gasteiger partial charge in [0.25, 0.3) is 5.91 Å². The molecule has 1 aliphatic rings. The van der Waals surface area contributed by atoms with Gasteiger partial charge in [-0.3, -0.25) is 4.79 Å². The van der Waals surface area contributed by atoms with Crippen molar-refractivity contribution in [3.05, 3.63) is 45.7 Å². The van der Waals surface area contributed by atoms with Crippen LogP contribution in [0.2, 0.25) is 0 Å². The van der Waals surface area contributed by atoms with Crippen molar-refractivity contribution in [3.63, 3.8) is 0 Å². The number of carbonyl (C=O) groups excluding carboxylic acids is 1. The fourth-order valence-corrected chi connectivity index (χ4v) is 3.31. The van der Waals surface area contributed by atoms with Crippen LogP contribution in [0.5, 0.6) is 0 Å². The second-order valence-electron chi connectivity index (χ2n) is 6.37. The summed E-state index contributed by atoms with van der Waals surface area (Å²) in [5.74, 6) is 0.524. The van der Waals surface area contributed by atoms with Crippen molar-refractivity contribution >= 4 is 34.2 Å².